The molecular weight excluding hydrogens is 367 g/mol. The molecule has 1 aliphatic heterocycles. The van der Waals surface area contributed by atoms with Crippen molar-refractivity contribution >= 4 is 7.60 Å². The number of H-pyrrole nitrogens is 1. The van der Waals surface area contributed by atoms with E-state index in [1.807, 2.05) is 0 Å². The van der Waals surface area contributed by atoms with E-state index in [-0.39, 0.29) is 11.7 Å². The molecule has 0 aromatic carbocycles. The highest BCUT2D eigenvalue weighted by Crippen LogP contribution is 2.42. The van der Waals surface area contributed by atoms with E-state index in [1.54, 1.807) is 13.8 Å². The van der Waals surface area contributed by atoms with Crippen molar-refractivity contribution in [2.45, 2.75) is 51.4 Å². The minimum atomic E-state index is -4.43. The van der Waals surface area contributed by atoms with Crippen molar-refractivity contribution < 1.29 is 28.6 Å². The van der Waals surface area contributed by atoms with Crippen LogP contribution in [0.25, 0.3) is 0 Å². The molecule has 11 heteroatoms. The first-order valence-electron chi connectivity index (χ1n) is 7.93. The van der Waals surface area contributed by atoms with E-state index in [9.17, 15) is 23.9 Å². The van der Waals surface area contributed by atoms with Gasteiger partial charge in [-0.05, 0) is 26.3 Å². The normalized spacial score (nSPS) is 27.3. The first-order valence-corrected chi connectivity index (χ1v) is 9.61. The van der Waals surface area contributed by atoms with Gasteiger partial charge in [0.15, 0.2) is 6.23 Å². The lowest BCUT2D eigenvalue weighted by atomic mass is 10.0. The van der Waals surface area contributed by atoms with Crippen LogP contribution >= 0.6 is 7.60 Å². The van der Waals surface area contributed by atoms with E-state index in [2.05, 4.69) is 4.98 Å². The number of ether oxygens (including phenoxy) is 3. The predicted molar refractivity (Wildman–Crippen MR) is 91.8 cm³/mol. The lowest BCUT2D eigenvalue weighted by Crippen LogP contribution is -2.40. The lowest BCUT2D eigenvalue weighted by Gasteiger charge is -2.25. The molecule has 0 aliphatic carbocycles. The zero-order valence-corrected chi connectivity index (χ0v) is 15.8. The van der Waals surface area contributed by atoms with E-state index < -0.39 is 43.4 Å². The van der Waals surface area contributed by atoms with E-state index in [0.717, 1.165) is 10.4 Å². The zero-order chi connectivity index (χ0) is 19.6. The molecule has 1 saturated heterocycles. The number of rotatable bonds is 6. The molecule has 146 valence electrons. The van der Waals surface area contributed by atoms with Crippen molar-refractivity contribution in [3.63, 3.8) is 0 Å². The summed E-state index contributed by atoms with van der Waals surface area (Å²) in [7, 11) is -3.01. The predicted octanol–water partition coefficient (Wildman–Crippen LogP) is 0.324. The molecule has 0 saturated carbocycles. The van der Waals surface area contributed by atoms with Crippen LogP contribution in [-0.4, -0.2) is 50.9 Å². The Morgan fingerprint density at radius 1 is 1.38 bits per heavy atom. The van der Waals surface area contributed by atoms with Crippen LogP contribution in [0.4, 0.5) is 0 Å². The zero-order valence-electron chi connectivity index (χ0n) is 14.9. The van der Waals surface area contributed by atoms with Crippen molar-refractivity contribution in [1.29, 1.82) is 0 Å². The van der Waals surface area contributed by atoms with Crippen LogP contribution in [0.1, 0.15) is 27.0 Å². The largest absolute Gasteiger partial charge is 0.374 e. The Bertz CT molecular complexity index is 823. The molecule has 1 aromatic heterocycles. The highest BCUT2D eigenvalue weighted by molar-refractivity contribution is 7.55. The fourth-order valence-electron chi connectivity index (χ4n) is 2.91. The Morgan fingerprint density at radius 3 is 2.54 bits per heavy atom. The molecule has 26 heavy (non-hydrogen) atoms. The van der Waals surface area contributed by atoms with E-state index in [0.29, 0.717) is 0 Å². The van der Waals surface area contributed by atoms with Gasteiger partial charge in [-0.2, -0.15) is 0 Å². The summed E-state index contributed by atoms with van der Waals surface area (Å²) in [6, 6.07) is 1.17. The van der Waals surface area contributed by atoms with Gasteiger partial charge in [0, 0.05) is 25.2 Å². The van der Waals surface area contributed by atoms with Crippen LogP contribution in [-0.2, 0) is 18.8 Å². The second kappa shape index (κ2) is 7.99. The summed E-state index contributed by atoms with van der Waals surface area (Å²) >= 11 is 0. The Balaban J connectivity index is 2.48. The number of methoxy groups -OCH3 is 1. The maximum absolute atomic E-state index is 12.1. The molecule has 0 bridgehead atoms. The molecule has 2 heterocycles. The summed E-state index contributed by atoms with van der Waals surface area (Å²) < 4.78 is 29.7. The third kappa shape index (κ3) is 4.79. The van der Waals surface area contributed by atoms with Gasteiger partial charge in [-0.15, -0.1) is 0 Å². The van der Waals surface area contributed by atoms with Gasteiger partial charge < -0.3 is 24.0 Å². The lowest BCUT2D eigenvalue weighted by molar-refractivity contribution is -0.0771. The number of nitrogens with one attached hydrogen (secondary N) is 1. The highest BCUT2D eigenvalue weighted by Gasteiger charge is 2.48. The second-order valence-electron chi connectivity index (χ2n) is 6.28. The molecule has 3 N–H and O–H groups in total. The fraction of sp³-hybridized carbons (Fsp3) is 0.600. The van der Waals surface area contributed by atoms with E-state index >= 15 is 0 Å². The summed E-state index contributed by atoms with van der Waals surface area (Å²) in [5, 5.41) is 0. The third-order valence-corrected chi connectivity index (χ3v) is 4.58. The average molecular weight is 390 g/mol. The SMILES string of the molecule is CO[C@H]1C(OC(C)C)[C@@H](/C(C)=C/P(=O)(O)O)O[C@H]1n1ccc(=O)[nH]c1=O. The van der Waals surface area contributed by atoms with Crippen LogP contribution < -0.4 is 11.2 Å². The maximum atomic E-state index is 12.1. The van der Waals surface area contributed by atoms with Gasteiger partial charge in [0.1, 0.15) is 18.3 Å². The molecule has 0 radical (unpaired) electrons. The van der Waals surface area contributed by atoms with Gasteiger partial charge in [0.2, 0.25) is 0 Å². The van der Waals surface area contributed by atoms with Crippen LogP contribution in [0, 0.1) is 0 Å². The first kappa shape index (κ1) is 20.8. The Labute approximate surface area is 149 Å². The fourth-order valence-corrected chi connectivity index (χ4v) is 3.59. The van der Waals surface area contributed by atoms with E-state index in [1.165, 1.54) is 26.3 Å². The standard InChI is InChI=1S/C15H23N2O8P/c1-8(2)24-12-11(9(3)7-26(20,21)22)25-14(13(12)23-4)17-6-5-10(18)16-15(17)19/h5-8,11-14H,1-4H3,(H,16,18,19)(H2,20,21,22)/b9-7+/t11-,12?,13+,14-/m1/s1. The summed E-state index contributed by atoms with van der Waals surface area (Å²) in [6.45, 7) is 5.10. The van der Waals surface area contributed by atoms with Gasteiger partial charge in [-0.25, -0.2) is 4.79 Å². The molecule has 1 fully saturated rings. The average Bonchev–Trinajstić information content (AvgIpc) is 2.83. The van der Waals surface area contributed by atoms with E-state index in [4.69, 9.17) is 14.2 Å². The summed E-state index contributed by atoms with van der Waals surface area (Å²) in [4.78, 5) is 44.0. The van der Waals surface area contributed by atoms with Crippen LogP contribution in [0.5, 0.6) is 0 Å². The van der Waals surface area contributed by atoms with Gasteiger partial charge in [0.05, 0.1) is 6.10 Å². The summed E-state index contributed by atoms with van der Waals surface area (Å²) in [5.41, 5.74) is -0.988. The van der Waals surface area contributed by atoms with Crippen LogP contribution in [0.3, 0.4) is 0 Å². The molecule has 1 unspecified atom stereocenters. The number of hydrogen-bond acceptors (Lipinski definition) is 6. The quantitative estimate of drug-likeness (QED) is 0.590. The van der Waals surface area contributed by atoms with Gasteiger partial charge >= 0.3 is 13.3 Å². The molecule has 0 amide bonds. The van der Waals surface area contributed by atoms with Crippen LogP contribution in [0.2, 0.25) is 0 Å². The molecule has 0 spiro atoms. The van der Waals surface area contributed by atoms with Crippen LogP contribution in [0.15, 0.2) is 33.2 Å². The Kier molecular flexibility index (Phi) is 6.38. The summed E-state index contributed by atoms with van der Waals surface area (Å²) in [6.07, 6.45) is -2.21. The van der Waals surface area contributed by atoms with Gasteiger partial charge in [0.25, 0.3) is 5.56 Å². The maximum Gasteiger partial charge on any atom is 0.349 e. The Hall–Kier alpha value is -1.55. The number of aromatic amines is 1. The van der Waals surface area contributed by atoms with Crippen molar-refractivity contribution in [3.8, 4) is 0 Å². The van der Waals surface area contributed by atoms with Crippen molar-refractivity contribution in [2.75, 3.05) is 7.11 Å². The minimum Gasteiger partial charge on any atom is -0.374 e. The summed E-state index contributed by atoms with van der Waals surface area (Å²) in [5.74, 6) is 0.805. The van der Waals surface area contributed by atoms with Crippen molar-refractivity contribution in [2.24, 2.45) is 0 Å². The van der Waals surface area contributed by atoms with Crippen molar-refractivity contribution in [1.82, 2.24) is 9.55 Å². The number of nitrogens with zero attached hydrogens (tertiary/aromatic N) is 1. The molecule has 2 rings (SSSR count). The van der Waals surface area contributed by atoms with Gasteiger partial charge in [-0.1, -0.05) is 0 Å². The first-order chi connectivity index (χ1) is 12.0. The third-order valence-electron chi connectivity index (χ3n) is 3.84. The molecule has 4 atom stereocenters. The second-order valence-corrected chi connectivity index (χ2v) is 7.71. The minimum absolute atomic E-state index is 0.224. The highest BCUT2D eigenvalue weighted by atomic mass is 31.2. The molecule has 1 aliphatic rings. The smallest absolute Gasteiger partial charge is 0.349 e. The monoisotopic (exact) mass is 390 g/mol. The molecular formula is C15H23N2O8P. The van der Waals surface area contributed by atoms with Crippen molar-refractivity contribution in [3.05, 3.63) is 44.5 Å². The molecule has 1 aromatic rings. The number of hydrogen-bond donors (Lipinski definition) is 3. The molecule has 10 nitrogen and oxygen atoms in total. The van der Waals surface area contributed by atoms with Gasteiger partial charge in [-0.3, -0.25) is 18.9 Å². The number of aromatic nitrogens is 2. The Morgan fingerprint density at radius 2 is 2.04 bits per heavy atom. The topological polar surface area (TPSA) is 140 Å².